The Kier molecular flexibility index (Phi) is 3.24. The summed E-state index contributed by atoms with van der Waals surface area (Å²) in [5.41, 5.74) is 6.04. The maximum atomic E-state index is 12.3. The average molecular weight is 283 g/mol. The molecule has 5 nitrogen and oxygen atoms in total. The van der Waals surface area contributed by atoms with Gasteiger partial charge >= 0.3 is 0 Å². The van der Waals surface area contributed by atoms with Gasteiger partial charge in [-0.1, -0.05) is 27.7 Å². The van der Waals surface area contributed by atoms with Gasteiger partial charge in [0.15, 0.2) is 0 Å². The maximum Gasteiger partial charge on any atom is 0.242 e. The fourth-order valence-corrected chi connectivity index (χ4v) is 3.88. The van der Waals surface area contributed by atoms with E-state index in [-0.39, 0.29) is 21.8 Å². The highest BCUT2D eigenvalue weighted by Gasteiger charge is 2.66. The molecule has 0 saturated heterocycles. The summed E-state index contributed by atoms with van der Waals surface area (Å²) in [6.07, 6.45) is 1.35. The van der Waals surface area contributed by atoms with Crippen LogP contribution in [0.25, 0.3) is 0 Å². The molecular formula is C13H21N3O2S. The summed E-state index contributed by atoms with van der Waals surface area (Å²) >= 11 is 0. The van der Waals surface area contributed by atoms with E-state index in [0.29, 0.717) is 12.2 Å². The van der Waals surface area contributed by atoms with E-state index in [9.17, 15) is 8.42 Å². The predicted octanol–water partition coefficient (Wildman–Crippen LogP) is 1.25. The molecule has 0 atom stereocenters. The van der Waals surface area contributed by atoms with E-state index in [0.717, 1.165) is 0 Å². The van der Waals surface area contributed by atoms with Gasteiger partial charge in [-0.15, -0.1) is 0 Å². The van der Waals surface area contributed by atoms with Crippen LogP contribution in [0, 0.1) is 10.8 Å². The van der Waals surface area contributed by atoms with Crippen LogP contribution in [0.2, 0.25) is 0 Å². The van der Waals surface area contributed by atoms with Crippen LogP contribution in [-0.2, 0) is 16.6 Å². The van der Waals surface area contributed by atoms with Crippen LogP contribution in [-0.4, -0.2) is 19.4 Å². The second-order valence-corrected chi connectivity index (χ2v) is 7.90. The van der Waals surface area contributed by atoms with E-state index in [1.54, 1.807) is 12.1 Å². The van der Waals surface area contributed by atoms with Gasteiger partial charge in [-0.2, -0.15) is 0 Å². The number of rotatable bonds is 4. The topological polar surface area (TPSA) is 85.1 Å². The minimum Gasteiger partial charge on any atom is -0.325 e. The smallest absolute Gasteiger partial charge is 0.242 e. The van der Waals surface area contributed by atoms with Crippen molar-refractivity contribution in [2.45, 2.75) is 45.2 Å². The van der Waals surface area contributed by atoms with Gasteiger partial charge in [-0.3, -0.25) is 4.98 Å². The summed E-state index contributed by atoms with van der Waals surface area (Å²) in [7, 11) is -3.52. The summed E-state index contributed by atoms with van der Waals surface area (Å²) < 4.78 is 27.3. The van der Waals surface area contributed by atoms with E-state index in [2.05, 4.69) is 37.4 Å². The van der Waals surface area contributed by atoms with Crippen LogP contribution >= 0.6 is 0 Å². The summed E-state index contributed by atoms with van der Waals surface area (Å²) in [6, 6.07) is 3.12. The van der Waals surface area contributed by atoms with Crippen molar-refractivity contribution in [3.63, 3.8) is 0 Å². The van der Waals surface area contributed by atoms with Crippen LogP contribution in [0.15, 0.2) is 23.2 Å². The molecule has 1 heterocycles. The summed E-state index contributed by atoms with van der Waals surface area (Å²) in [5, 5.41) is 0. The largest absolute Gasteiger partial charge is 0.325 e. The molecular weight excluding hydrogens is 262 g/mol. The standard InChI is InChI=1S/C13H21N3O2S/c1-12(2)11(13(12,3)4)16-19(17,18)10-6-5-9(7-14)15-8-10/h5-6,8,11,16H,7,14H2,1-4H3. The molecule has 0 bridgehead atoms. The first-order chi connectivity index (χ1) is 8.63. The monoisotopic (exact) mass is 283 g/mol. The maximum absolute atomic E-state index is 12.3. The second-order valence-electron chi connectivity index (χ2n) is 6.19. The quantitative estimate of drug-likeness (QED) is 0.871. The first-order valence-corrected chi connectivity index (χ1v) is 7.78. The highest BCUT2D eigenvalue weighted by atomic mass is 32.2. The van der Waals surface area contributed by atoms with Crippen LogP contribution in [0.4, 0.5) is 0 Å². The lowest BCUT2D eigenvalue weighted by Crippen LogP contribution is -2.30. The van der Waals surface area contributed by atoms with Crippen LogP contribution in [0.3, 0.4) is 0 Å². The third kappa shape index (κ3) is 2.28. The number of nitrogens with zero attached hydrogens (tertiary/aromatic N) is 1. The molecule has 1 aromatic rings. The zero-order chi connectivity index (χ0) is 14.5. The van der Waals surface area contributed by atoms with Gasteiger partial charge in [-0.05, 0) is 23.0 Å². The Morgan fingerprint density at radius 1 is 1.26 bits per heavy atom. The number of hydrogen-bond donors (Lipinski definition) is 2. The van der Waals surface area contributed by atoms with Gasteiger partial charge in [-0.25, -0.2) is 13.1 Å². The Labute approximate surface area is 114 Å². The van der Waals surface area contributed by atoms with Crippen molar-refractivity contribution in [2.24, 2.45) is 16.6 Å². The zero-order valence-corrected chi connectivity index (χ0v) is 12.6. The molecule has 0 spiro atoms. The molecule has 0 aliphatic heterocycles. The molecule has 1 aliphatic rings. The molecule has 0 amide bonds. The average Bonchev–Trinajstić information content (AvgIpc) is 2.71. The van der Waals surface area contributed by atoms with Gasteiger partial charge in [0.25, 0.3) is 0 Å². The van der Waals surface area contributed by atoms with E-state index < -0.39 is 10.0 Å². The molecule has 19 heavy (non-hydrogen) atoms. The highest BCUT2D eigenvalue weighted by Crippen LogP contribution is 2.62. The molecule has 2 rings (SSSR count). The molecule has 106 valence electrons. The molecule has 1 aromatic heterocycles. The van der Waals surface area contributed by atoms with Gasteiger partial charge in [0.05, 0.1) is 5.69 Å². The lowest BCUT2D eigenvalue weighted by molar-refractivity contribution is 0.457. The van der Waals surface area contributed by atoms with Crippen molar-refractivity contribution in [1.29, 1.82) is 0 Å². The number of hydrogen-bond acceptors (Lipinski definition) is 4. The Hall–Kier alpha value is -0.980. The summed E-state index contributed by atoms with van der Waals surface area (Å²) in [6.45, 7) is 8.56. The van der Waals surface area contributed by atoms with Gasteiger partial charge in [0, 0.05) is 18.8 Å². The molecule has 3 N–H and O–H groups in total. The van der Waals surface area contributed by atoms with Crippen molar-refractivity contribution >= 4 is 10.0 Å². The first kappa shape index (κ1) is 14.4. The molecule has 0 unspecified atom stereocenters. The Bertz CT molecular complexity index is 562. The molecule has 1 fully saturated rings. The second kappa shape index (κ2) is 4.26. The molecule has 0 aromatic carbocycles. The lowest BCUT2D eigenvalue weighted by Gasteiger charge is -2.08. The number of sulfonamides is 1. The van der Waals surface area contributed by atoms with Gasteiger partial charge in [0.1, 0.15) is 4.90 Å². The van der Waals surface area contributed by atoms with Crippen LogP contribution in [0.1, 0.15) is 33.4 Å². The number of nitrogens with one attached hydrogen (secondary N) is 1. The van der Waals surface area contributed by atoms with Gasteiger partial charge < -0.3 is 5.73 Å². The first-order valence-electron chi connectivity index (χ1n) is 6.30. The summed E-state index contributed by atoms with van der Waals surface area (Å²) in [5.74, 6) is 0. The van der Waals surface area contributed by atoms with E-state index in [1.165, 1.54) is 6.20 Å². The minimum atomic E-state index is -3.52. The Balaban J connectivity index is 2.20. The fourth-order valence-electron chi connectivity index (χ4n) is 2.40. The van der Waals surface area contributed by atoms with Crippen molar-refractivity contribution < 1.29 is 8.42 Å². The van der Waals surface area contributed by atoms with Crippen molar-refractivity contribution in [3.05, 3.63) is 24.0 Å². The zero-order valence-electron chi connectivity index (χ0n) is 11.8. The predicted molar refractivity (Wildman–Crippen MR) is 73.8 cm³/mol. The van der Waals surface area contributed by atoms with Gasteiger partial charge in [0.2, 0.25) is 10.0 Å². The van der Waals surface area contributed by atoms with Crippen molar-refractivity contribution in [3.8, 4) is 0 Å². The Morgan fingerprint density at radius 2 is 1.84 bits per heavy atom. The third-order valence-corrected chi connectivity index (χ3v) is 6.02. The molecule has 1 saturated carbocycles. The fraction of sp³-hybridized carbons (Fsp3) is 0.615. The molecule has 6 heteroatoms. The van der Waals surface area contributed by atoms with E-state index >= 15 is 0 Å². The number of pyridine rings is 1. The Morgan fingerprint density at radius 3 is 2.21 bits per heavy atom. The normalized spacial score (nSPS) is 21.3. The number of nitrogens with two attached hydrogens (primary N) is 1. The number of aromatic nitrogens is 1. The van der Waals surface area contributed by atoms with Crippen molar-refractivity contribution in [2.75, 3.05) is 0 Å². The van der Waals surface area contributed by atoms with Crippen LogP contribution < -0.4 is 10.5 Å². The third-order valence-electron chi connectivity index (χ3n) is 4.61. The molecule has 0 radical (unpaired) electrons. The van der Waals surface area contributed by atoms with E-state index in [4.69, 9.17) is 5.73 Å². The van der Waals surface area contributed by atoms with Crippen molar-refractivity contribution in [1.82, 2.24) is 9.71 Å². The van der Waals surface area contributed by atoms with E-state index in [1.807, 2.05) is 0 Å². The SMILES string of the molecule is CC1(C)C(NS(=O)(=O)c2ccc(CN)nc2)C1(C)C. The lowest BCUT2D eigenvalue weighted by atomic mass is 10.0. The van der Waals surface area contributed by atoms with Crippen LogP contribution in [0.5, 0.6) is 0 Å². The molecule has 1 aliphatic carbocycles. The highest BCUT2D eigenvalue weighted by molar-refractivity contribution is 7.89. The summed E-state index contributed by atoms with van der Waals surface area (Å²) in [4.78, 5) is 4.20. The minimum absolute atomic E-state index is 0.0370.